The van der Waals surface area contributed by atoms with E-state index in [1.165, 1.54) is 28.8 Å². The van der Waals surface area contributed by atoms with Crippen LogP contribution in [-0.4, -0.2) is 14.5 Å². The summed E-state index contributed by atoms with van der Waals surface area (Å²) < 4.78 is 1.43. The maximum absolute atomic E-state index is 11.9. The molecule has 6 nitrogen and oxygen atoms in total. The van der Waals surface area contributed by atoms with Crippen molar-refractivity contribution in [1.29, 1.82) is 0 Å². The van der Waals surface area contributed by atoms with Gasteiger partial charge in [0.25, 0.3) is 11.2 Å². The highest BCUT2D eigenvalue weighted by atomic mass is 35.5. The summed E-state index contributed by atoms with van der Waals surface area (Å²) >= 11 is 6.03. The van der Waals surface area contributed by atoms with Crippen LogP contribution in [0.25, 0.3) is 0 Å². The zero-order chi connectivity index (χ0) is 14.9. The van der Waals surface area contributed by atoms with Crippen LogP contribution in [0.3, 0.4) is 0 Å². The van der Waals surface area contributed by atoms with Gasteiger partial charge in [-0.2, -0.15) is 0 Å². The lowest BCUT2D eigenvalue weighted by Gasteiger charge is -2.10. The molecule has 0 unspecified atom stereocenters. The number of benzene rings is 1. The average molecular weight is 294 g/mol. The molecule has 2 aromatic rings. The molecule has 0 N–H and O–H groups in total. The van der Waals surface area contributed by atoms with E-state index >= 15 is 0 Å². The highest BCUT2D eigenvalue weighted by Crippen LogP contribution is 2.22. The summed E-state index contributed by atoms with van der Waals surface area (Å²) in [5, 5.41) is 11.2. The molecule has 0 spiro atoms. The molecule has 1 aromatic heterocycles. The van der Waals surface area contributed by atoms with Gasteiger partial charge in [-0.05, 0) is 25.5 Å². The molecule has 20 heavy (non-hydrogen) atoms. The van der Waals surface area contributed by atoms with E-state index in [2.05, 4.69) is 4.98 Å². The van der Waals surface area contributed by atoms with E-state index in [-0.39, 0.29) is 17.8 Å². The van der Waals surface area contributed by atoms with Gasteiger partial charge >= 0.3 is 0 Å². The van der Waals surface area contributed by atoms with E-state index in [0.29, 0.717) is 22.1 Å². The van der Waals surface area contributed by atoms with Gasteiger partial charge in [-0.1, -0.05) is 11.6 Å². The number of nitro benzene ring substituents is 1. The van der Waals surface area contributed by atoms with E-state index in [0.717, 1.165) is 0 Å². The van der Waals surface area contributed by atoms with Crippen molar-refractivity contribution in [3.8, 4) is 0 Å². The molecule has 0 amide bonds. The van der Waals surface area contributed by atoms with Gasteiger partial charge < -0.3 is 0 Å². The van der Waals surface area contributed by atoms with Gasteiger partial charge in [0, 0.05) is 28.9 Å². The Hall–Kier alpha value is -2.21. The quantitative estimate of drug-likeness (QED) is 0.643. The molecule has 0 radical (unpaired) electrons. The third-order valence-corrected chi connectivity index (χ3v) is 3.26. The number of hydrogen-bond acceptors (Lipinski definition) is 4. The molecule has 1 aromatic carbocycles. The molecule has 1 heterocycles. The standard InChI is InChI=1S/C13H12ClN3O3/c1-8-5-13(18)16(9(2)15-8)7-10-6-11(17(19)20)3-4-12(10)14/h3-6H,7H2,1-2H3. The van der Waals surface area contributed by atoms with E-state index in [9.17, 15) is 14.9 Å². The molecule has 0 aliphatic carbocycles. The minimum atomic E-state index is -0.497. The lowest BCUT2D eigenvalue weighted by atomic mass is 10.2. The average Bonchev–Trinajstić information content (AvgIpc) is 2.35. The molecule has 0 atom stereocenters. The molecule has 2 rings (SSSR count). The predicted octanol–water partition coefficient (Wildman–Crippen LogP) is 2.47. The van der Waals surface area contributed by atoms with Gasteiger partial charge in [-0.3, -0.25) is 19.5 Å². The van der Waals surface area contributed by atoms with Gasteiger partial charge in [0.05, 0.1) is 11.5 Å². The molecular weight excluding hydrogens is 282 g/mol. The molecule has 7 heteroatoms. The Morgan fingerprint density at radius 3 is 2.65 bits per heavy atom. The maximum Gasteiger partial charge on any atom is 0.269 e. The lowest BCUT2D eigenvalue weighted by Crippen LogP contribution is -2.24. The fourth-order valence-electron chi connectivity index (χ4n) is 1.92. The van der Waals surface area contributed by atoms with Crippen LogP contribution in [0.2, 0.25) is 5.02 Å². The van der Waals surface area contributed by atoms with E-state index < -0.39 is 4.92 Å². The minimum Gasteiger partial charge on any atom is -0.292 e. The number of non-ortho nitro benzene ring substituents is 1. The Morgan fingerprint density at radius 2 is 2.05 bits per heavy atom. The summed E-state index contributed by atoms with van der Waals surface area (Å²) in [6.07, 6.45) is 0. The molecule has 0 bridgehead atoms. The van der Waals surface area contributed by atoms with Crippen LogP contribution in [0.4, 0.5) is 5.69 Å². The fraction of sp³-hybridized carbons (Fsp3) is 0.231. The predicted molar refractivity (Wildman–Crippen MR) is 75.2 cm³/mol. The van der Waals surface area contributed by atoms with Crippen molar-refractivity contribution < 1.29 is 4.92 Å². The Bertz CT molecular complexity index is 740. The summed E-state index contributed by atoms with van der Waals surface area (Å²) in [4.78, 5) is 26.4. The first-order valence-corrected chi connectivity index (χ1v) is 6.24. The summed E-state index contributed by atoms with van der Waals surface area (Å²) in [7, 11) is 0. The van der Waals surface area contributed by atoms with Gasteiger partial charge in [-0.15, -0.1) is 0 Å². The molecular formula is C13H12ClN3O3. The van der Waals surface area contributed by atoms with Crippen molar-refractivity contribution in [1.82, 2.24) is 9.55 Å². The number of rotatable bonds is 3. The lowest BCUT2D eigenvalue weighted by molar-refractivity contribution is -0.384. The van der Waals surface area contributed by atoms with Crippen LogP contribution >= 0.6 is 11.6 Å². The number of nitro groups is 1. The van der Waals surface area contributed by atoms with Crippen molar-refractivity contribution in [3.05, 3.63) is 66.8 Å². The summed E-state index contributed by atoms with van der Waals surface area (Å²) in [6.45, 7) is 3.59. The van der Waals surface area contributed by atoms with Crippen LogP contribution in [0.1, 0.15) is 17.1 Å². The summed E-state index contributed by atoms with van der Waals surface area (Å²) in [5.74, 6) is 0.539. The molecule has 0 aliphatic heterocycles. The first kappa shape index (κ1) is 14.2. The van der Waals surface area contributed by atoms with Gasteiger partial charge in [0.1, 0.15) is 5.82 Å². The smallest absolute Gasteiger partial charge is 0.269 e. The topological polar surface area (TPSA) is 78.0 Å². The van der Waals surface area contributed by atoms with Crippen molar-refractivity contribution in [2.45, 2.75) is 20.4 Å². The molecule has 104 valence electrons. The molecule has 0 aliphatic rings. The Labute approximate surface area is 119 Å². The molecule has 0 saturated carbocycles. The number of nitrogens with zero attached hydrogens (tertiary/aromatic N) is 3. The van der Waals surface area contributed by atoms with Crippen LogP contribution in [0.15, 0.2) is 29.1 Å². The summed E-state index contributed by atoms with van der Waals surface area (Å²) in [5.41, 5.74) is 0.873. The van der Waals surface area contributed by atoms with Crippen LogP contribution in [-0.2, 0) is 6.54 Å². The summed E-state index contributed by atoms with van der Waals surface area (Å²) in [6, 6.07) is 5.57. The van der Waals surface area contributed by atoms with E-state index in [1.54, 1.807) is 13.8 Å². The van der Waals surface area contributed by atoms with E-state index in [1.807, 2.05) is 0 Å². The fourth-order valence-corrected chi connectivity index (χ4v) is 2.10. The highest BCUT2D eigenvalue weighted by Gasteiger charge is 2.12. The zero-order valence-corrected chi connectivity index (χ0v) is 11.7. The third kappa shape index (κ3) is 2.85. The van der Waals surface area contributed by atoms with Crippen molar-refractivity contribution >= 4 is 17.3 Å². The minimum absolute atomic E-state index is 0.0600. The SMILES string of the molecule is Cc1cc(=O)n(Cc2cc([N+](=O)[O-])ccc2Cl)c(C)n1. The van der Waals surface area contributed by atoms with Gasteiger partial charge in [0.15, 0.2) is 0 Å². The van der Waals surface area contributed by atoms with Crippen molar-refractivity contribution in [3.63, 3.8) is 0 Å². The second-order valence-electron chi connectivity index (χ2n) is 4.40. The zero-order valence-electron chi connectivity index (χ0n) is 11.0. The van der Waals surface area contributed by atoms with Gasteiger partial charge in [-0.25, -0.2) is 4.98 Å². The Balaban J connectivity index is 2.47. The van der Waals surface area contributed by atoms with Crippen LogP contribution in [0.5, 0.6) is 0 Å². The van der Waals surface area contributed by atoms with Crippen LogP contribution in [0, 0.1) is 24.0 Å². The number of aromatic nitrogens is 2. The Kier molecular flexibility index (Phi) is 3.85. The molecule has 0 saturated heterocycles. The van der Waals surface area contributed by atoms with Crippen molar-refractivity contribution in [2.75, 3.05) is 0 Å². The second kappa shape index (κ2) is 5.42. The van der Waals surface area contributed by atoms with Gasteiger partial charge in [0.2, 0.25) is 0 Å². The first-order chi connectivity index (χ1) is 9.38. The monoisotopic (exact) mass is 293 g/mol. The van der Waals surface area contributed by atoms with E-state index in [4.69, 9.17) is 11.6 Å². The normalized spacial score (nSPS) is 10.6. The van der Waals surface area contributed by atoms with Crippen molar-refractivity contribution in [2.24, 2.45) is 0 Å². The number of halogens is 1. The largest absolute Gasteiger partial charge is 0.292 e. The molecule has 0 fully saturated rings. The third-order valence-electron chi connectivity index (χ3n) is 2.90. The maximum atomic E-state index is 11.9. The highest BCUT2D eigenvalue weighted by molar-refractivity contribution is 6.31. The Morgan fingerprint density at radius 1 is 1.35 bits per heavy atom. The number of aryl methyl sites for hydroxylation is 2. The first-order valence-electron chi connectivity index (χ1n) is 5.86. The second-order valence-corrected chi connectivity index (χ2v) is 4.81. The van der Waals surface area contributed by atoms with Crippen LogP contribution < -0.4 is 5.56 Å². The number of hydrogen-bond donors (Lipinski definition) is 0.